The van der Waals surface area contributed by atoms with Gasteiger partial charge in [-0.15, -0.1) is 11.3 Å². The van der Waals surface area contributed by atoms with Gasteiger partial charge in [0.05, 0.1) is 11.8 Å². The monoisotopic (exact) mass is 449 g/mol. The summed E-state index contributed by atoms with van der Waals surface area (Å²) in [7, 11) is 5.94. The van der Waals surface area contributed by atoms with Crippen molar-refractivity contribution in [2.24, 2.45) is 13.0 Å². The van der Waals surface area contributed by atoms with E-state index in [1.807, 2.05) is 18.7 Å². The van der Waals surface area contributed by atoms with Crippen molar-refractivity contribution >= 4 is 44.4 Å². The van der Waals surface area contributed by atoms with Crippen molar-refractivity contribution in [1.29, 1.82) is 0 Å². The third kappa shape index (κ3) is 3.82. The highest BCUT2D eigenvalue weighted by Crippen LogP contribution is 2.36. The van der Waals surface area contributed by atoms with Crippen LogP contribution in [0.3, 0.4) is 0 Å². The van der Waals surface area contributed by atoms with Crippen LogP contribution in [0.15, 0.2) is 30.6 Å². The standard InChI is InChI=1S/C23H27N7OS/c1-24-20-17-18(30(3)13-26-17)19-21(27-20)28-23(32-19)16-6-4-14(5-7-16)12-25-22(31)15-8-10-29(2)11-9-15/h4-7,13,15H,8-12H2,1-3H3,(H,24,27)(H,25,31). The van der Waals surface area contributed by atoms with Gasteiger partial charge in [0.2, 0.25) is 5.91 Å². The minimum absolute atomic E-state index is 0.132. The van der Waals surface area contributed by atoms with Gasteiger partial charge >= 0.3 is 0 Å². The first-order chi connectivity index (χ1) is 15.5. The largest absolute Gasteiger partial charge is 0.371 e. The van der Waals surface area contributed by atoms with Crippen molar-refractivity contribution < 1.29 is 4.79 Å². The van der Waals surface area contributed by atoms with E-state index < -0.39 is 0 Å². The number of hydrogen-bond donors (Lipinski definition) is 2. The molecule has 3 aromatic heterocycles. The summed E-state index contributed by atoms with van der Waals surface area (Å²) in [6, 6.07) is 8.24. The first-order valence-corrected chi connectivity index (χ1v) is 11.7. The highest BCUT2D eigenvalue weighted by molar-refractivity contribution is 7.22. The fourth-order valence-corrected chi connectivity index (χ4v) is 5.34. The van der Waals surface area contributed by atoms with Crippen LogP contribution in [0.1, 0.15) is 18.4 Å². The normalized spacial score (nSPS) is 15.5. The summed E-state index contributed by atoms with van der Waals surface area (Å²) in [4.78, 5) is 28.7. The van der Waals surface area contributed by atoms with E-state index in [1.165, 1.54) is 0 Å². The molecule has 4 aromatic rings. The van der Waals surface area contributed by atoms with E-state index in [4.69, 9.17) is 4.98 Å². The van der Waals surface area contributed by atoms with Gasteiger partial charge in [-0.3, -0.25) is 4.79 Å². The number of nitrogens with one attached hydrogen (secondary N) is 2. The van der Waals surface area contributed by atoms with Crippen molar-refractivity contribution in [2.75, 3.05) is 32.5 Å². The molecule has 1 fully saturated rings. The second-order valence-corrected chi connectivity index (χ2v) is 9.43. The number of thiazole rings is 1. The predicted octanol–water partition coefficient (Wildman–Crippen LogP) is 3.24. The number of piperidine rings is 1. The zero-order valence-electron chi connectivity index (χ0n) is 18.6. The van der Waals surface area contributed by atoms with Crippen LogP contribution in [0.25, 0.3) is 32.0 Å². The van der Waals surface area contributed by atoms with Gasteiger partial charge in [0.15, 0.2) is 11.5 Å². The number of amides is 1. The molecule has 1 amide bonds. The minimum Gasteiger partial charge on any atom is -0.371 e. The molecular formula is C23H27N7OS. The molecule has 0 atom stereocenters. The maximum atomic E-state index is 12.5. The first kappa shape index (κ1) is 20.8. The number of aromatic nitrogens is 4. The van der Waals surface area contributed by atoms with Gasteiger partial charge in [0.25, 0.3) is 0 Å². The van der Waals surface area contributed by atoms with Crippen LogP contribution in [0.2, 0.25) is 0 Å². The van der Waals surface area contributed by atoms with E-state index >= 15 is 0 Å². The molecule has 2 N–H and O–H groups in total. The Bertz CT molecular complexity index is 1270. The van der Waals surface area contributed by atoms with Crippen molar-refractivity contribution in [3.05, 3.63) is 36.2 Å². The van der Waals surface area contributed by atoms with E-state index in [-0.39, 0.29) is 11.8 Å². The quantitative estimate of drug-likeness (QED) is 0.486. The Morgan fingerprint density at radius 2 is 1.91 bits per heavy atom. The fourth-order valence-electron chi connectivity index (χ4n) is 4.24. The number of aryl methyl sites for hydroxylation is 1. The Morgan fingerprint density at radius 1 is 1.16 bits per heavy atom. The predicted molar refractivity (Wildman–Crippen MR) is 129 cm³/mol. The summed E-state index contributed by atoms with van der Waals surface area (Å²) in [5.41, 5.74) is 4.74. The van der Waals surface area contributed by atoms with Gasteiger partial charge in [0.1, 0.15) is 15.2 Å². The summed E-state index contributed by atoms with van der Waals surface area (Å²) in [6.07, 6.45) is 3.68. The molecule has 1 saturated heterocycles. The summed E-state index contributed by atoms with van der Waals surface area (Å²) in [5.74, 6) is 1.03. The lowest BCUT2D eigenvalue weighted by molar-refractivity contribution is -0.126. The van der Waals surface area contributed by atoms with Crippen LogP contribution in [-0.2, 0) is 18.4 Å². The Balaban J connectivity index is 1.33. The Morgan fingerprint density at radius 3 is 2.62 bits per heavy atom. The highest BCUT2D eigenvalue weighted by atomic mass is 32.1. The van der Waals surface area contributed by atoms with Crippen LogP contribution in [0, 0.1) is 5.92 Å². The number of rotatable bonds is 5. The topological polar surface area (TPSA) is 88.0 Å². The SMILES string of the molecule is CNc1nc2nc(-c3ccc(CNC(=O)C4CCN(C)CC4)cc3)sc2c2c1ncn2C. The van der Waals surface area contributed by atoms with E-state index in [9.17, 15) is 4.79 Å². The van der Waals surface area contributed by atoms with Crippen molar-refractivity contribution in [3.63, 3.8) is 0 Å². The molecule has 1 aliphatic heterocycles. The molecule has 5 rings (SSSR count). The van der Waals surface area contributed by atoms with Gasteiger partial charge in [-0.05, 0) is 38.5 Å². The molecule has 1 aromatic carbocycles. The molecular weight excluding hydrogens is 422 g/mol. The van der Waals surface area contributed by atoms with Crippen LogP contribution in [0.5, 0.6) is 0 Å². The van der Waals surface area contributed by atoms with E-state index in [2.05, 4.69) is 56.8 Å². The Labute approximate surface area is 190 Å². The third-order valence-corrected chi connectivity index (χ3v) is 7.30. The zero-order valence-corrected chi connectivity index (χ0v) is 19.4. The van der Waals surface area contributed by atoms with Gasteiger partial charge < -0.3 is 20.1 Å². The summed E-state index contributed by atoms with van der Waals surface area (Å²) in [6.45, 7) is 2.53. The van der Waals surface area contributed by atoms with Crippen LogP contribution < -0.4 is 10.6 Å². The second-order valence-electron chi connectivity index (χ2n) is 8.43. The molecule has 0 aliphatic carbocycles. The van der Waals surface area contributed by atoms with E-state index in [0.717, 1.165) is 69.3 Å². The zero-order chi connectivity index (χ0) is 22.2. The minimum atomic E-state index is 0.132. The van der Waals surface area contributed by atoms with Gasteiger partial charge in [-0.2, -0.15) is 0 Å². The summed E-state index contributed by atoms with van der Waals surface area (Å²) >= 11 is 1.62. The number of imidazole rings is 1. The summed E-state index contributed by atoms with van der Waals surface area (Å²) in [5, 5.41) is 7.15. The smallest absolute Gasteiger partial charge is 0.223 e. The molecule has 4 heterocycles. The highest BCUT2D eigenvalue weighted by Gasteiger charge is 2.23. The summed E-state index contributed by atoms with van der Waals surface area (Å²) < 4.78 is 3.04. The number of anilines is 1. The average molecular weight is 450 g/mol. The van der Waals surface area contributed by atoms with Crippen LogP contribution >= 0.6 is 11.3 Å². The van der Waals surface area contributed by atoms with Gasteiger partial charge in [-0.1, -0.05) is 24.3 Å². The number of nitrogens with zero attached hydrogens (tertiary/aromatic N) is 5. The van der Waals surface area contributed by atoms with Crippen LogP contribution in [-0.4, -0.2) is 57.5 Å². The molecule has 0 spiro atoms. The molecule has 1 aliphatic rings. The van der Waals surface area contributed by atoms with Gasteiger partial charge in [-0.25, -0.2) is 15.0 Å². The molecule has 0 saturated carbocycles. The van der Waals surface area contributed by atoms with E-state index in [1.54, 1.807) is 17.7 Å². The maximum absolute atomic E-state index is 12.5. The molecule has 32 heavy (non-hydrogen) atoms. The number of likely N-dealkylation sites (tertiary alicyclic amines) is 1. The lowest BCUT2D eigenvalue weighted by atomic mass is 9.96. The molecule has 0 radical (unpaired) electrons. The van der Waals surface area contributed by atoms with Crippen molar-refractivity contribution in [2.45, 2.75) is 19.4 Å². The lowest BCUT2D eigenvalue weighted by Gasteiger charge is -2.28. The van der Waals surface area contributed by atoms with E-state index in [0.29, 0.717) is 6.54 Å². The third-order valence-electron chi connectivity index (χ3n) is 6.20. The Kier molecular flexibility index (Phi) is 5.52. The van der Waals surface area contributed by atoms with Gasteiger partial charge in [0, 0.05) is 32.1 Å². The molecule has 0 unspecified atom stereocenters. The number of fused-ring (bicyclic) bond motifs is 3. The number of carbonyl (C=O) groups is 1. The fraction of sp³-hybridized carbons (Fsp3) is 0.391. The first-order valence-electron chi connectivity index (χ1n) is 10.9. The second kappa shape index (κ2) is 8.48. The number of benzene rings is 1. The number of carbonyl (C=O) groups excluding carboxylic acids is 1. The Hall–Kier alpha value is -3.04. The molecule has 0 bridgehead atoms. The van der Waals surface area contributed by atoms with Crippen molar-refractivity contribution in [1.82, 2.24) is 29.7 Å². The number of hydrogen-bond acceptors (Lipinski definition) is 7. The van der Waals surface area contributed by atoms with Crippen LogP contribution in [0.4, 0.5) is 5.82 Å². The van der Waals surface area contributed by atoms with Crippen molar-refractivity contribution in [3.8, 4) is 10.6 Å². The maximum Gasteiger partial charge on any atom is 0.223 e. The average Bonchev–Trinajstić information content (AvgIpc) is 3.41. The molecule has 8 nitrogen and oxygen atoms in total. The number of pyridine rings is 1. The molecule has 9 heteroatoms. The lowest BCUT2D eigenvalue weighted by Crippen LogP contribution is -2.38. The molecule has 166 valence electrons.